The van der Waals surface area contributed by atoms with Gasteiger partial charge in [0.25, 0.3) is 0 Å². The van der Waals surface area contributed by atoms with Crippen molar-refractivity contribution in [3.05, 3.63) is 75.0 Å². The summed E-state index contributed by atoms with van der Waals surface area (Å²) in [5.41, 5.74) is 4.88. The number of phenolic OH excluding ortho intramolecular Hbond substituents is 1. The molecule has 0 unspecified atom stereocenters. The molecular formula is C42H43N3O9S. The van der Waals surface area contributed by atoms with E-state index in [1.54, 1.807) is 18.9 Å². The monoisotopic (exact) mass is 765 g/mol. The molecule has 9 heterocycles. The van der Waals surface area contributed by atoms with E-state index in [9.17, 15) is 14.7 Å². The molecule has 13 heteroatoms. The van der Waals surface area contributed by atoms with E-state index in [4.69, 9.17) is 28.1 Å². The number of aromatic hydroxyl groups is 1. The molecule has 55 heavy (non-hydrogen) atoms. The lowest BCUT2D eigenvalue weighted by Crippen LogP contribution is -2.66. The Labute approximate surface area is 322 Å². The van der Waals surface area contributed by atoms with E-state index in [2.05, 4.69) is 35.0 Å². The fourth-order valence-corrected chi connectivity index (χ4v) is 13.5. The third kappa shape index (κ3) is 4.09. The van der Waals surface area contributed by atoms with Crippen LogP contribution in [0, 0.1) is 13.8 Å². The zero-order chi connectivity index (χ0) is 37.9. The molecule has 12 rings (SSSR count). The Balaban J connectivity index is 1.19. The molecule has 4 bridgehead atoms. The summed E-state index contributed by atoms with van der Waals surface area (Å²) in [4.78, 5) is 33.0. The highest BCUT2D eigenvalue weighted by Crippen LogP contribution is 2.71. The molecule has 2 N–H and O–H groups in total. The number of piperazine rings is 1. The van der Waals surface area contributed by atoms with Crippen molar-refractivity contribution in [1.29, 1.82) is 0 Å². The first-order valence-corrected chi connectivity index (χ1v) is 20.1. The predicted molar refractivity (Wildman–Crippen MR) is 202 cm³/mol. The van der Waals surface area contributed by atoms with Gasteiger partial charge in [0.15, 0.2) is 28.5 Å². The summed E-state index contributed by atoms with van der Waals surface area (Å²) in [6.07, 6.45) is 1.49. The summed E-state index contributed by atoms with van der Waals surface area (Å²) in [5.74, 6) is 2.22. The summed E-state index contributed by atoms with van der Waals surface area (Å²) in [6.45, 7) is 11.2. The molecule has 0 saturated carbocycles. The number of thioether (sulfide) groups is 1. The lowest BCUT2D eigenvalue weighted by Gasteiger charge is -2.60. The molecule has 0 amide bonds. The van der Waals surface area contributed by atoms with Crippen molar-refractivity contribution in [1.82, 2.24) is 15.1 Å². The van der Waals surface area contributed by atoms with Crippen LogP contribution >= 0.6 is 11.8 Å². The molecule has 12 nitrogen and oxygen atoms in total. The van der Waals surface area contributed by atoms with Gasteiger partial charge in [-0.05, 0) is 63.8 Å². The first-order valence-electron chi connectivity index (χ1n) is 19.1. The topological polar surface area (TPSA) is 132 Å². The van der Waals surface area contributed by atoms with Crippen molar-refractivity contribution in [2.75, 3.05) is 39.4 Å². The van der Waals surface area contributed by atoms with Gasteiger partial charge in [-0.2, -0.15) is 0 Å². The van der Waals surface area contributed by atoms with Gasteiger partial charge in [0.05, 0.1) is 24.4 Å². The number of nitrogens with zero attached hydrogens (tertiary/aromatic N) is 2. The second-order valence-electron chi connectivity index (χ2n) is 16.7. The van der Waals surface area contributed by atoms with E-state index in [1.807, 2.05) is 38.1 Å². The van der Waals surface area contributed by atoms with Gasteiger partial charge in [-0.15, -0.1) is 11.8 Å². The number of rotatable bonds is 2. The van der Waals surface area contributed by atoms with Crippen LogP contribution in [0.2, 0.25) is 0 Å². The van der Waals surface area contributed by atoms with Crippen molar-refractivity contribution in [3.63, 3.8) is 0 Å². The number of carbonyl (C=O) groups is 2. The van der Waals surface area contributed by atoms with Crippen molar-refractivity contribution >= 4 is 34.7 Å². The Morgan fingerprint density at radius 2 is 1.87 bits per heavy atom. The lowest BCUT2D eigenvalue weighted by atomic mass is 9.72. The molecule has 0 aliphatic carbocycles. The third-order valence-corrected chi connectivity index (χ3v) is 15.2. The summed E-state index contributed by atoms with van der Waals surface area (Å²) in [5, 5.41) is 16.4. The van der Waals surface area contributed by atoms with Gasteiger partial charge in [-0.1, -0.05) is 18.2 Å². The molecule has 8 aliphatic rings. The van der Waals surface area contributed by atoms with Gasteiger partial charge in [0, 0.05) is 76.1 Å². The smallest absolute Gasteiger partial charge is 0.335 e. The van der Waals surface area contributed by atoms with Crippen molar-refractivity contribution in [2.45, 2.75) is 87.5 Å². The number of phenols is 1. The van der Waals surface area contributed by atoms with Gasteiger partial charge >= 0.3 is 11.9 Å². The standard InChI is InChI=1S/C42H43N3O9S/c1-19-13-24-27(32(47)33(19)49-6)30-31-37-29-28(36-35(51-18-52-36)20(2)34(29)53-21(3)46)25(45(31)40(4)15-41(24,5)44(30)16-40)14-50-39(48)42(17-55-37)38-23(11-12-43-42)22-9-7-8-10-26(22)54-38/h7-10,13,25,30-31,37,43,47H,11-12,14-18H2,1-6H3/t25-,30+,31+,37+,40+,41+,42+/m0/s1. The Kier molecular flexibility index (Phi) is 6.84. The third-order valence-electron chi connectivity index (χ3n) is 13.7. The molecule has 1 spiro atoms. The minimum absolute atomic E-state index is 0.00612. The fraction of sp³-hybridized carbons (Fsp3) is 0.476. The molecule has 286 valence electrons. The summed E-state index contributed by atoms with van der Waals surface area (Å²) in [6, 6.07) is 9.06. The Morgan fingerprint density at radius 1 is 1.07 bits per heavy atom. The van der Waals surface area contributed by atoms with Crippen LogP contribution in [0.4, 0.5) is 0 Å². The maximum absolute atomic E-state index is 14.9. The number of fused-ring (bicyclic) bond motifs is 11. The highest BCUT2D eigenvalue weighted by atomic mass is 32.2. The molecule has 3 aromatic carbocycles. The summed E-state index contributed by atoms with van der Waals surface area (Å²) < 4.78 is 37.7. The average Bonchev–Trinajstić information content (AvgIpc) is 3.90. The molecule has 3 fully saturated rings. The number of hydrogen-bond acceptors (Lipinski definition) is 13. The van der Waals surface area contributed by atoms with Crippen LogP contribution in [0.5, 0.6) is 28.7 Å². The van der Waals surface area contributed by atoms with Crippen LogP contribution in [0.15, 0.2) is 34.7 Å². The Bertz CT molecular complexity index is 2410. The van der Waals surface area contributed by atoms with Crippen LogP contribution in [0.1, 0.15) is 89.2 Å². The van der Waals surface area contributed by atoms with E-state index < -0.39 is 29.1 Å². The Morgan fingerprint density at radius 3 is 2.67 bits per heavy atom. The average molecular weight is 766 g/mol. The number of benzene rings is 3. The van der Waals surface area contributed by atoms with Crippen molar-refractivity contribution in [2.24, 2.45) is 0 Å². The number of ether oxygens (including phenoxy) is 5. The lowest BCUT2D eigenvalue weighted by molar-refractivity contribution is -0.158. The number of furan rings is 1. The van der Waals surface area contributed by atoms with Crippen LogP contribution in [0.3, 0.4) is 0 Å². The highest BCUT2D eigenvalue weighted by Gasteiger charge is 2.71. The van der Waals surface area contributed by atoms with Gasteiger partial charge in [-0.3, -0.25) is 19.9 Å². The minimum Gasteiger partial charge on any atom is -0.504 e. The normalized spacial score (nSPS) is 32.6. The van der Waals surface area contributed by atoms with E-state index in [0.29, 0.717) is 47.3 Å². The summed E-state index contributed by atoms with van der Waals surface area (Å²) >= 11 is 1.63. The van der Waals surface area contributed by atoms with Crippen molar-refractivity contribution in [3.8, 4) is 28.7 Å². The van der Waals surface area contributed by atoms with Crippen molar-refractivity contribution < 1.29 is 42.8 Å². The number of aryl methyl sites for hydroxylation is 1. The van der Waals surface area contributed by atoms with Gasteiger partial charge in [0.2, 0.25) is 6.79 Å². The largest absolute Gasteiger partial charge is 0.504 e. The number of nitrogens with one attached hydrogen (secondary N) is 1. The van der Waals surface area contributed by atoms with Crippen LogP contribution in [-0.4, -0.2) is 77.8 Å². The maximum atomic E-state index is 14.9. The molecule has 1 aromatic heterocycles. The number of hydrogen-bond donors (Lipinski definition) is 2. The molecule has 4 aromatic rings. The molecule has 3 saturated heterocycles. The first kappa shape index (κ1) is 33.9. The fourth-order valence-electron chi connectivity index (χ4n) is 11.8. The number of methoxy groups -OCH3 is 1. The van der Waals surface area contributed by atoms with E-state index in [1.165, 1.54) is 6.92 Å². The second-order valence-corrected chi connectivity index (χ2v) is 17.9. The van der Waals surface area contributed by atoms with Gasteiger partial charge < -0.3 is 33.2 Å². The molecule has 0 radical (unpaired) electrons. The number of para-hydroxylation sites is 1. The van der Waals surface area contributed by atoms with E-state index >= 15 is 0 Å². The maximum Gasteiger partial charge on any atom is 0.335 e. The SMILES string of the molecule is COc1c(C)cc2c(c1O)[C@@H]1[C@@H]3[C@@H]4SC[C@]5(NCCc6c5oc5ccccc65)C(=O)OC[C@@H](c5c6c(c(C)c(OC(C)=O)c54)OCO6)N3[C@@]3(C)CN1[C@]2(C)C3. The molecule has 8 aliphatic heterocycles. The minimum atomic E-state index is -1.28. The van der Waals surface area contributed by atoms with Crippen LogP contribution in [-0.2, 0) is 31.8 Å². The summed E-state index contributed by atoms with van der Waals surface area (Å²) in [7, 11) is 1.60. The van der Waals surface area contributed by atoms with Crippen LogP contribution in [0.25, 0.3) is 11.0 Å². The molecule has 7 atom stereocenters. The quantitative estimate of drug-likeness (QED) is 0.184. The first-order chi connectivity index (χ1) is 26.4. The zero-order valence-electron chi connectivity index (χ0n) is 31.7. The number of esters is 2. The van der Waals surface area contributed by atoms with E-state index in [-0.39, 0.29) is 47.8 Å². The van der Waals surface area contributed by atoms with Gasteiger partial charge in [0.1, 0.15) is 23.7 Å². The predicted octanol–water partition coefficient (Wildman–Crippen LogP) is 5.96. The second kappa shape index (κ2) is 11.1. The highest BCUT2D eigenvalue weighted by molar-refractivity contribution is 7.99. The number of carbonyl (C=O) groups excluding carboxylic acids is 2. The zero-order valence-corrected chi connectivity index (χ0v) is 32.5. The molecular weight excluding hydrogens is 723 g/mol. The van der Waals surface area contributed by atoms with Gasteiger partial charge in [-0.25, -0.2) is 4.79 Å². The van der Waals surface area contributed by atoms with E-state index in [0.717, 1.165) is 57.3 Å². The Hall–Kier alpha value is -4.43. The van der Waals surface area contributed by atoms with Crippen LogP contribution < -0.4 is 24.3 Å².